The summed E-state index contributed by atoms with van der Waals surface area (Å²) in [6.07, 6.45) is 0.549. The van der Waals surface area contributed by atoms with Crippen LogP contribution in [0.1, 0.15) is 12.0 Å². The van der Waals surface area contributed by atoms with E-state index in [9.17, 15) is 8.78 Å². The number of nitrogens with two attached hydrogens (primary N) is 1. The Morgan fingerprint density at radius 1 is 1.31 bits per heavy atom. The number of alkyl halides is 2. The summed E-state index contributed by atoms with van der Waals surface area (Å²) >= 11 is 0. The second-order valence-electron chi connectivity index (χ2n) is 4.49. The van der Waals surface area contributed by atoms with Gasteiger partial charge in [0.05, 0.1) is 0 Å². The van der Waals surface area contributed by atoms with Crippen molar-refractivity contribution >= 4 is 5.69 Å². The minimum Gasteiger partial charge on any atom is -0.399 e. The molecule has 1 aromatic carbocycles. The molecule has 0 spiro atoms. The Kier molecular flexibility index (Phi) is 2.84. The largest absolute Gasteiger partial charge is 0.399 e. The summed E-state index contributed by atoms with van der Waals surface area (Å²) in [5, 5.41) is 0. The lowest BCUT2D eigenvalue weighted by Crippen LogP contribution is -2.28. The highest BCUT2D eigenvalue weighted by molar-refractivity contribution is 5.40. The minimum atomic E-state index is -2.75. The maximum atomic E-state index is 14.1. The van der Waals surface area contributed by atoms with Crippen LogP contribution in [0.15, 0.2) is 24.3 Å². The monoisotopic (exact) mass is 226 g/mol. The van der Waals surface area contributed by atoms with Crippen molar-refractivity contribution in [2.24, 2.45) is 5.92 Å². The second kappa shape index (κ2) is 4.01. The zero-order valence-electron chi connectivity index (χ0n) is 9.29. The van der Waals surface area contributed by atoms with Crippen LogP contribution in [-0.2, 0) is 5.92 Å². The molecule has 1 atom stereocenters. The Hall–Kier alpha value is -1.16. The van der Waals surface area contributed by atoms with E-state index in [4.69, 9.17) is 5.73 Å². The summed E-state index contributed by atoms with van der Waals surface area (Å²) < 4.78 is 28.2. The number of likely N-dealkylation sites (tertiary alicyclic amines) is 1. The van der Waals surface area contributed by atoms with Gasteiger partial charge in [0, 0.05) is 23.7 Å². The molecule has 1 saturated heterocycles. The van der Waals surface area contributed by atoms with Crippen molar-refractivity contribution in [1.82, 2.24) is 4.90 Å². The zero-order chi connectivity index (χ0) is 11.8. The van der Waals surface area contributed by atoms with E-state index in [2.05, 4.69) is 0 Å². The van der Waals surface area contributed by atoms with Gasteiger partial charge in [-0.2, -0.15) is 0 Å². The Labute approximate surface area is 94.0 Å². The number of nitrogens with zero attached hydrogens (tertiary/aromatic N) is 1. The normalized spacial score (nSPS) is 22.6. The average molecular weight is 226 g/mol. The molecule has 1 unspecified atom stereocenters. The summed E-state index contributed by atoms with van der Waals surface area (Å²) in [7, 11) is 1.87. The molecule has 0 saturated carbocycles. The zero-order valence-corrected chi connectivity index (χ0v) is 9.29. The molecule has 1 aliphatic heterocycles. The van der Waals surface area contributed by atoms with Crippen molar-refractivity contribution in [3.8, 4) is 0 Å². The standard InChI is InChI=1S/C12H16F2N2/c1-16-7-6-10(8-16)12(13,14)9-2-4-11(15)5-3-9/h2-5,10H,6-8,15H2,1H3. The van der Waals surface area contributed by atoms with Gasteiger partial charge < -0.3 is 10.6 Å². The maximum absolute atomic E-state index is 14.1. The quantitative estimate of drug-likeness (QED) is 0.784. The summed E-state index contributed by atoms with van der Waals surface area (Å²) in [5.74, 6) is -3.33. The predicted molar refractivity (Wildman–Crippen MR) is 60.4 cm³/mol. The predicted octanol–water partition coefficient (Wildman–Crippen LogP) is 2.31. The van der Waals surface area contributed by atoms with Gasteiger partial charge in [0.2, 0.25) is 0 Å². The van der Waals surface area contributed by atoms with Crippen LogP contribution in [0.5, 0.6) is 0 Å². The summed E-state index contributed by atoms with van der Waals surface area (Å²) in [6, 6.07) is 5.91. The van der Waals surface area contributed by atoms with Gasteiger partial charge in [0.25, 0.3) is 5.92 Å². The first kappa shape index (κ1) is 11.3. The van der Waals surface area contributed by atoms with E-state index in [0.717, 1.165) is 6.54 Å². The molecule has 2 nitrogen and oxygen atoms in total. The average Bonchev–Trinajstić information content (AvgIpc) is 2.66. The van der Waals surface area contributed by atoms with Crippen LogP contribution in [0.2, 0.25) is 0 Å². The molecule has 0 aromatic heterocycles. The van der Waals surface area contributed by atoms with Gasteiger partial charge in [-0.05, 0) is 32.1 Å². The van der Waals surface area contributed by atoms with E-state index in [1.165, 1.54) is 24.3 Å². The second-order valence-corrected chi connectivity index (χ2v) is 4.49. The molecule has 1 heterocycles. The number of hydrogen-bond acceptors (Lipinski definition) is 2. The topological polar surface area (TPSA) is 29.3 Å². The van der Waals surface area contributed by atoms with Crippen molar-refractivity contribution in [1.29, 1.82) is 0 Å². The van der Waals surface area contributed by atoms with Gasteiger partial charge in [0.15, 0.2) is 0 Å². The molecule has 88 valence electrons. The minimum absolute atomic E-state index is 0.0713. The lowest BCUT2D eigenvalue weighted by atomic mass is 9.94. The van der Waals surface area contributed by atoms with Gasteiger partial charge in [-0.25, -0.2) is 8.78 Å². The molecule has 2 rings (SSSR count). The molecule has 0 amide bonds. The molecule has 0 radical (unpaired) electrons. The van der Waals surface area contributed by atoms with Crippen LogP contribution in [0, 0.1) is 5.92 Å². The number of halogens is 2. The fraction of sp³-hybridized carbons (Fsp3) is 0.500. The van der Waals surface area contributed by atoms with E-state index in [1.807, 2.05) is 11.9 Å². The molecule has 0 bridgehead atoms. The lowest BCUT2D eigenvalue weighted by Gasteiger charge is -2.23. The molecule has 16 heavy (non-hydrogen) atoms. The Morgan fingerprint density at radius 3 is 2.44 bits per heavy atom. The molecule has 4 heteroatoms. The van der Waals surface area contributed by atoms with Gasteiger partial charge in [-0.1, -0.05) is 12.1 Å². The van der Waals surface area contributed by atoms with Gasteiger partial charge >= 0.3 is 0 Å². The highest BCUT2D eigenvalue weighted by Crippen LogP contribution is 2.40. The molecule has 2 N–H and O–H groups in total. The first-order valence-corrected chi connectivity index (χ1v) is 5.42. The Bertz CT molecular complexity index is 362. The highest BCUT2D eigenvalue weighted by atomic mass is 19.3. The number of nitrogen functional groups attached to an aromatic ring is 1. The van der Waals surface area contributed by atoms with Crippen molar-refractivity contribution in [2.75, 3.05) is 25.9 Å². The van der Waals surface area contributed by atoms with E-state index >= 15 is 0 Å². The molecule has 0 aliphatic carbocycles. The first-order chi connectivity index (χ1) is 7.50. The number of benzene rings is 1. The van der Waals surface area contributed by atoms with E-state index < -0.39 is 11.8 Å². The number of anilines is 1. The van der Waals surface area contributed by atoms with E-state index in [1.54, 1.807) is 0 Å². The molecule has 1 fully saturated rings. The number of hydrogen-bond donors (Lipinski definition) is 1. The summed E-state index contributed by atoms with van der Waals surface area (Å²) in [6.45, 7) is 1.20. The third kappa shape index (κ3) is 2.02. The van der Waals surface area contributed by atoms with Gasteiger partial charge in [-0.15, -0.1) is 0 Å². The lowest BCUT2D eigenvalue weighted by molar-refractivity contribution is -0.0602. The Balaban J connectivity index is 2.21. The fourth-order valence-corrected chi connectivity index (χ4v) is 2.17. The van der Waals surface area contributed by atoms with Crippen molar-refractivity contribution < 1.29 is 8.78 Å². The van der Waals surface area contributed by atoms with E-state index in [-0.39, 0.29) is 5.56 Å². The molecule has 1 aromatic rings. The first-order valence-electron chi connectivity index (χ1n) is 5.42. The fourth-order valence-electron chi connectivity index (χ4n) is 2.17. The third-order valence-corrected chi connectivity index (χ3v) is 3.20. The smallest absolute Gasteiger partial charge is 0.277 e. The Morgan fingerprint density at radius 2 is 1.94 bits per heavy atom. The van der Waals surface area contributed by atoms with Crippen LogP contribution in [-0.4, -0.2) is 25.0 Å². The maximum Gasteiger partial charge on any atom is 0.277 e. The van der Waals surface area contributed by atoms with Crippen LogP contribution in [0.25, 0.3) is 0 Å². The number of rotatable bonds is 2. The molecule has 1 aliphatic rings. The van der Waals surface area contributed by atoms with Gasteiger partial charge in [0.1, 0.15) is 0 Å². The van der Waals surface area contributed by atoms with Crippen molar-refractivity contribution in [2.45, 2.75) is 12.3 Å². The third-order valence-electron chi connectivity index (χ3n) is 3.20. The van der Waals surface area contributed by atoms with Crippen molar-refractivity contribution in [3.05, 3.63) is 29.8 Å². The van der Waals surface area contributed by atoms with Gasteiger partial charge in [-0.3, -0.25) is 0 Å². The van der Waals surface area contributed by atoms with Crippen LogP contribution in [0.3, 0.4) is 0 Å². The summed E-state index contributed by atoms with van der Waals surface area (Å²) in [5.41, 5.74) is 6.08. The SMILES string of the molecule is CN1CCC(C(F)(F)c2ccc(N)cc2)C1. The molecular formula is C12H16F2N2. The summed E-state index contributed by atoms with van der Waals surface area (Å²) in [4.78, 5) is 1.94. The van der Waals surface area contributed by atoms with Crippen molar-refractivity contribution in [3.63, 3.8) is 0 Å². The molecular weight excluding hydrogens is 210 g/mol. The van der Waals surface area contributed by atoms with E-state index in [0.29, 0.717) is 18.7 Å². The highest BCUT2D eigenvalue weighted by Gasteiger charge is 2.43. The van der Waals surface area contributed by atoms with Crippen LogP contribution < -0.4 is 5.73 Å². The van der Waals surface area contributed by atoms with Crippen LogP contribution >= 0.6 is 0 Å². The van der Waals surface area contributed by atoms with Crippen LogP contribution in [0.4, 0.5) is 14.5 Å².